The number of nitrogens with one attached hydrogen (secondary N) is 1. The van der Waals surface area contributed by atoms with Crippen LogP contribution in [0.5, 0.6) is 0 Å². The minimum Gasteiger partial charge on any atom is -0.271 e. The summed E-state index contributed by atoms with van der Waals surface area (Å²) < 4.78 is 17.0. The van der Waals surface area contributed by atoms with E-state index in [9.17, 15) is 4.39 Å². The SMILES string of the molecule is Cc1cc(F)ccc1CC(NN)c1snnc1C. The molecule has 1 aromatic heterocycles. The van der Waals surface area contributed by atoms with Crippen LogP contribution in [0.15, 0.2) is 18.2 Å². The summed E-state index contributed by atoms with van der Waals surface area (Å²) in [4.78, 5) is 1.02. The van der Waals surface area contributed by atoms with Gasteiger partial charge in [-0.25, -0.2) is 4.39 Å². The Morgan fingerprint density at radius 1 is 1.44 bits per heavy atom. The molecule has 0 aliphatic rings. The molecule has 0 bridgehead atoms. The minimum absolute atomic E-state index is 0.0471. The van der Waals surface area contributed by atoms with Crippen molar-refractivity contribution < 1.29 is 4.39 Å². The van der Waals surface area contributed by atoms with Gasteiger partial charge in [0.05, 0.1) is 16.6 Å². The van der Waals surface area contributed by atoms with Gasteiger partial charge >= 0.3 is 0 Å². The van der Waals surface area contributed by atoms with Crippen LogP contribution >= 0.6 is 11.5 Å². The molecule has 2 rings (SSSR count). The van der Waals surface area contributed by atoms with Crippen molar-refractivity contribution >= 4 is 11.5 Å². The van der Waals surface area contributed by atoms with Gasteiger partial charge in [-0.05, 0) is 55.1 Å². The molecule has 0 aliphatic carbocycles. The van der Waals surface area contributed by atoms with E-state index in [1.54, 1.807) is 6.07 Å². The van der Waals surface area contributed by atoms with Crippen LogP contribution in [0.4, 0.5) is 4.39 Å². The van der Waals surface area contributed by atoms with Gasteiger partial charge in [-0.3, -0.25) is 11.3 Å². The number of rotatable bonds is 4. The molecule has 0 saturated heterocycles. The van der Waals surface area contributed by atoms with Crippen LogP contribution in [0.3, 0.4) is 0 Å². The van der Waals surface area contributed by atoms with Crippen LogP contribution < -0.4 is 11.3 Å². The molecule has 96 valence electrons. The van der Waals surface area contributed by atoms with Gasteiger partial charge in [0, 0.05) is 0 Å². The number of nitrogens with two attached hydrogens (primary N) is 1. The molecule has 18 heavy (non-hydrogen) atoms. The molecule has 0 amide bonds. The third-order valence-electron chi connectivity index (χ3n) is 2.93. The molecule has 1 heterocycles. The molecule has 0 aliphatic heterocycles. The number of aryl methyl sites for hydroxylation is 2. The Kier molecular flexibility index (Phi) is 4.00. The Labute approximate surface area is 109 Å². The molecule has 2 aromatic rings. The second-order valence-electron chi connectivity index (χ2n) is 4.22. The third kappa shape index (κ3) is 2.72. The summed E-state index contributed by atoms with van der Waals surface area (Å²) in [5.41, 5.74) is 5.63. The maximum Gasteiger partial charge on any atom is 0.123 e. The zero-order chi connectivity index (χ0) is 13.1. The first kappa shape index (κ1) is 13.1. The van der Waals surface area contributed by atoms with Gasteiger partial charge in [0.15, 0.2) is 0 Å². The first-order valence-electron chi connectivity index (χ1n) is 5.62. The van der Waals surface area contributed by atoms with Gasteiger partial charge < -0.3 is 0 Å². The molecule has 4 nitrogen and oxygen atoms in total. The molecule has 1 atom stereocenters. The summed E-state index contributed by atoms with van der Waals surface area (Å²) in [5, 5.41) is 3.98. The highest BCUT2D eigenvalue weighted by Gasteiger charge is 2.17. The van der Waals surface area contributed by atoms with Gasteiger partial charge in [-0.1, -0.05) is 10.6 Å². The Hall–Kier alpha value is -1.37. The van der Waals surface area contributed by atoms with E-state index in [0.717, 1.165) is 21.7 Å². The van der Waals surface area contributed by atoms with Crippen LogP contribution in [0.1, 0.15) is 27.7 Å². The highest BCUT2D eigenvalue weighted by Crippen LogP contribution is 2.24. The molecular formula is C12H15FN4S. The van der Waals surface area contributed by atoms with E-state index in [1.165, 1.54) is 23.7 Å². The lowest BCUT2D eigenvalue weighted by molar-refractivity contribution is 0.554. The van der Waals surface area contributed by atoms with Crippen molar-refractivity contribution in [3.8, 4) is 0 Å². The van der Waals surface area contributed by atoms with Gasteiger partial charge in [0.2, 0.25) is 0 Å². The third-order valence-corrected chi connectivity index (χ3v) is 3.87. The number of halogens is 1. The zero-order valence-corrected chi connectivity index (χ0v) is 11.1. The van der Waals surface area contributed by atoms with Crippen molar-refractivity contribution in [1.82, 2.24) is 15.0 Å². The second kappa shape index (κ2) is 5.51. The molecule has 3 N–H and O–H groups in total. The first-order chi connectivity index (χ1) is 8.61. The quantitative estimate of drug-likeness (QED) is 0.656. The van der Waals surface area contributed by atoms with Crippen LogP contribution in [0.2, 0.25) is 0 Å². The van der Waals surface area contributed by atoms with Gasteiger partial charge in [-0.15, -0.1) is 5.10 Å². The maximum atomic E-state index is 13.0. The number of aromatic nitrogens is 2. The summed E-state index contributed by atoms with van der Waals surface area (Å²) in [5.74, 6) is 5.37. The topological polar surface area (TPSA) is 63.8 Å². The fourth-order valence-corrected chi connectivity index (χ4v) is 2.60. The second-order valence-corrected chi connectivity index (χ2v) is 5.00. The van der Waals surface area contributed by atoms with Crippen molar-refractivity contribution in [2.75, 3.05) is 0 Å². The van der Waals surface area contributed by atoms with E-state index in [4.69, 9.17) is 5.84 Å². The van der Waals surface area contributed by atoms with Gasteiger partial charge in [0.25, 0.3) is 0 Å². The van der Waals surface area contributed by atoms with Crippen LogP contribution in [0.25, 0.3) is 0 Å². The van der Waals surface area contributed by atoms with Crippen LogP contribution in [-0.2, 0) is 6.42 Å². The number of nitrogens with zero attached hydrogens (tertiary/aromatic N) is 2. The maximum absolute atomic E-state index is 13.0. The summed E-state index contributed by atoms with van der Waals surface area (Å²) in [6, 6.07) is 4.74. The summed E-state index contributed by atoms with van der Waals surface area (Å²) >= 11 is 1.33. The number of hydrazine groups is 1. The predicted octanol–water partition coefficient (Wildman–Crippen LogP) is 2.04. The molecule has 1 aromatic carbocycles. The van der Waals surface area contributed by atoms with E-state index in [0.29, 0.717) is 6.42 Å². The van der Waals surface area contributed by atoms with E-state index in [-0.39, 0.29) is 11.9 Å². The van der Waals surface area contributed by atoms with Crippen LogP contribution in [-0.4, -0.2) is 9.59 Å². The first-order valence-corrected chi connectivity index (χ1v) is 6.39. The van der Waals surface area contributed by atoms with Crippen molar-refractivity contribution in [3.63, 3.8) is 0 Å². The molecule has 6 heteroatoms. The normalized spacial score (nSPS) is 12.7. The molecule has 1 unspecified atom stereocenters. The number of hydrogen-bond acceptors (Lipinski definition) is 5. The Bertz CT molecular complexity index is 541. The fourth-order valence-electron chi connectivity index (χ4n) is 1.89. The van der Waals surface area contributed by atoms with E-state index in [2.05, 4.69) is 15.0 Å². The van der Waals surface area contributed by atoms with E-state index >= 15 is 0 Å². The van der Waals surface area contributed by atoms with E-state index < -0.39 is 0 Å². The predicted molar refractivity (Wildman–Crippen MR) is 69.6 cm³/mol. The van der Waals surface area contributed by atoms with Gasteiger partial charge in [0.1, 0.15) is 5.82 Å². The highest BCUT2D eigenvalue weighted by atomic mass is 32.1. The van der Waals surface area contributed by atoms with Crippen LogP contribution in [0, 0.1) is 19.7 Å². The minimum atomic E-state index is -0.218. The lowest BCUT2D eigenvalue weighted by atomic mass is 10.00. The molecule has 0 spiro atoms. The van der Waals surface area contributed by atoms with Crippen molar-refractivity contribution in [2.24, 2.45) is 5.84 Å². The number of benzene rings is 1. The van der Waals surface area contributed by atoms with Crippen molar-refractivity contribution in [3.05, 3.63) is 45.7 Å². The standard InChI is InChI=1S/C12H15FN4S/c1-7-5-10(13)4-3-9(7)6-11(15-14)12-8(2)16-17-18-12/h3-5,11,15H,6,14H2,1-2H3. The fraction of sp³-hybridized carbons (Fsp3) is 0.333. The Morgan fingerprint density at radius 3 is 2.78 bits per heavy atom. The average molecular weight is 266 g/mol. The molecule has 0 fully saturated rings. The zero-order valence-electron chi connectivity index (χ0n) is 10.3. The molecule has 0 radical (unpaired) electrons. The molecular weight excluding hydrogens is 251 g/mol. The lowest BCUT2D eigenvalue weighted by Crippen LogP contribution is -2.29. The average Bonchev–Trinajstić information content (AvgIpc) is 2.75. The van der Waals surface area contributed by atoms with E-state index in [1.807, 2.05) is 13.8 Å². The smallest absolute Gasteiger partial charge is 0.123 e. The lowest BCUT2D eigenvalue weighted by Gasteiger charge is -2.15. The highest BCUT2D eigenvalue weighted by molar-refractivity contribution is 7.05. The molecule has 0 saturated carbocycles. The van der Waals surface area contributed by atoms with Crippen molar-refractivity contribution in [1.29, 1.82) is 0 Å². The summed E-state index contributed by atoms with van der Waals surface area (Å²) in [6.45, 7) is 3.80. The monoisotopic (exact) mass is 266 g/mol. The number of hydrogen-bond donors (Lipinski definition) is 2. The largest absolute Gasteiger partial charge is 0.271 e. The summed E-state index contributed by atoms with van der Waals surface area (Å²) in [7, 11) is 0. The van der Waals surface area contributed by atoms with Crippen molar-refractivity contribution in [2.45, 2.75) is 26.3 Å². The Morgan fingerprint density at radius 2 is 2.22 bits per heavy atom. The Balaban J connectivity index is 2.23. The van der Waals surface area contributed by atoms with Gasteiger partial charge in [-0.2, -0.15) is 0 Å². The summed E-state index contributed by atoms with van der Waals surface area (Å²) in [6.07, 6.45) is 0.688.